The Labute approximate surface area is 160 Å². The average molecular weight is 365 g/mol. The van der Waals surface area contributed by atoms with E-state index in [4.69, 9.17) is 0 Å². The van der Waals surface area contributed by atoms with Gasteiger partial charge in [0.2, 0.25) is 5.91 Å². The summed E-state index contributed by atoms with van der Waals surface area (Å²) in [6.07, 6.45) is 4.20. The molecule has 0 radical (unpaired) electrons. The highest BCUT2D eigenvalue weighted by Gasteiger charge is 2.11. The predicted molar refractivity (Wildman–Crippen MR) is 111 cm³/mol. The van der Waals surface area contributed by atoms with Gasteiger partial charge in [-0.2, -0.15) is 0 Å². The van der Waals surface area contributed by atoms with Crippen LogP contribution in [0.25, 0.3) is 0 Å². The molecule has 3 rings (SSSR count). The number of piperidine rings is 1. The second kappa shape index (κ2) is 9.21. The van der Waals surface area contributed by atoms with Crippen LogP contribution in [0.15, 0.2) is 48.5 Å². The zero-order valence-corrected chi connectivity index (χ0v) is 15.8. The van der Waals surface area contributed by atoms with Crippen LogP contribution in [-0.2, 0) is 4.79 Å². The molecule has 0 aliphatic carbocycles. The maximum absolute atomic E-state index is 12.1. The lowest BCUT2D eigenvalue weighted by Crippen LogP contribution is -2.29. The van der Waals surface area contributed by atoms with Crippen LogP contribution in [0.4, 0.5) is 17.1 Å². The van der Waals surface area contributed by atoms with Crippen LogP contribution in [0, 0.1) is 0 Å². The minimum Gasteiger partial charge on any atom is -0.385 e. The van der Waals surface area contributed by atoms with Crippen molar-refractivity contribution in [3.05, 3.63) is 54.1 Å². The van der Waals surface area contributed by atoms with Crippen molar-refractivity contribution in [1.82, 2.24) is 0 Å². The van der Waals surface area contributed by atoms with Crippen molar-refractivity contribution in [1.29, 1.82) is 0 Å². The lowest BCUT2D eigenvalue weighted by molar-refractivity contribution is -0.115. The molecule has 1 fully saturated rings. The van der Waals surface area contributed by atoms with Crippen molar-refractivity contribution in [2.75, 3.05) is 35.2 Å². The smallest absolute Gasteiger partial charge is 0.226 e. The first-order valence-electron chi connectivity index (χ1n) is 9.61. The van der Waals surface area contributed by atoms with Gasteiger partial charge in [-0.25, -0.2) is 0 Å². The van der Waals surface area contributed by atoms with Crippen LogP contribution in [0.2, 0.25) is 0 Å². The maximum Gasteiger partial charge on any atom is 0.226 e. The second-order valence-electron chi connectivity index (χ2n) is 6.95. The van der Waals surface area contributed by atoms with Crippen LogP contribution >= 0.6 is 0 Å². The molecule has 1 aliphatic rings. The summed E-state index contributed by atoms with van der Waals surface area (Å²) < 4.78 is 0. The molecule has 0 bridgehead atoms. The average Bonchev–Trinajstić information content (AvgIpc) is 2.69. The third-order valence-corrected chi connectivity index (χ3v) is 4.84. The zero-order valence-electron chi connectivity index (χ0n) is 15.8. The van der Waals surface area contributed by atoms with E-state index >= 15 is 0 Å². The van der Waals surface area contributed by atoms with E-state index in [1.807, 2.05) is 24.3 Å². The van der Waals surface area contributed by atoms with Gasteiger partial charge in [0.15, 0.2) is 5.78 Å². The number of carbonyl (C=O) groups excluding carboxylic acids is 2. The summed E-state index contributed by atoms with van der Waals surface area (Å²) >= 11 is 0. The van der Waals surface area contributed by atoms with Gasteiger partial charge >= 0.3 is 0 Å². The summed E-state index contributed by atoms with van der Waals surface area (Å²) in [5, 5.41) is 6.14. The Morgan fingerprint density at radius 2 is 1.52 bits per heavy atom. The molecule has 2 N–H and O–H groups in total. The highest BCUT2D eigenvalue weighted by atomic mass is 16.1. The summed E-state index contributed by atoms with van der Waals surface area (Å²) in [5.41, 5.74) is 3.64. The Hall–Kier alpha value is -2.82. The van der Waals surface area contributed by atoms with Gasteiger partial charge in [0.25, 0.3) is 0 Å². The molecule has 0 unspecified atom stereocenters. The predicted octanol–water partition coefficient (Wildman–Crippen LogP) is 4.32. The summed E-state index contributed by atoms with van der Waals surface area (Å²) in [5.74, 6) is 0.0285. The number of amides is 1. The topological polar surface area (TPSA) is 61.4 Å². The van der Waals surface area contributed by atoms with Gasteiger partial charge in [-0.3, -0.25) is 9.59 Å². The molecular formula is C22H27N3O2. The Morgan fingerprint density at radius 3 is 2.15 bits per heavy atom. The molecule has 1 amide bonds. The molecule has 0 spiro atoms. The number of benzene rings is 2. The minimum absolute atomic E-state index is 0.0198. The molecule has 1 aliphatic heterocycles. The van der Waals surface area contributed by atoms with Crippen molar-refractivity contribution in [2.24, 2.45) is 0 Å². The van der Waals surface area contributed by atoms with Crippen molar-refractivity contribution in [2.45, 2.75) is 32.6 Å². The number of ketones is 1. The number of hydrogen-bond acceptors (Lipinski definition) is 4. The summed E-state index contributed by atoms with van der Waals surface area (Å²) in [7, 11) is 0. The Morgan fingerprint density at radius 1 is 0.889 bits per heavy atom. The maximum atomic E-state index is 12.1. The molecule has 2 aromatic rings. The Balaban J connectivity index is 1.42. The highest BCUT2D eigenvalue weighted by Crippen LogP contribution is 2.21. The van der Waals surface area contributed by atoms with Crippen molar-refractivity contribution in [3.63, 3.8) is 0 Å². The molecule has 0 saturated carbocycles. The minimum atomic E-state index is -0.0198. The number of anilines is 3. The quantitative estimate of drug-likeness (QED) is 0.718. The van der Waals surface area contributed by atoms with Crippen LogP contribution in [-0.4, -0.2) is 31.3 Å². The summed E-state index contributed by atoms with van der Waals surface area (Å²) in [6, 6.07) is 15.4. The highest BCUT2D eigenvalue weighted by molar-refractivity contribution is 5.94. The molecular weight excluding hydrogens is 338 g/mol. The molecule has 27 heavy (non-hydrogen) atoms. The molecule has 0 atom stereocenters. The first-order valence-corrected chi connectivity index (χ1v) is 9.61. The summed E-state index contributed by atoms with van der Waals surface area (Å²) in [4.78, 5) is 25.8. The van der Waals surface area contributed by atoms with Gasteiger partial charge in [0, 0.05) is 48.7 Å². The molecule has 142 valence electrons. The van der Waals surface area contributed by atoms with Gasteiger partial charge in [-0.05, 0) is 74.7 Å². The molecule has 1 heterocycles. The number of carbonyl (C=O) groups is 2. The lowest BCUT2D eigenvalue weighted by Gasteiger charge is -2.28. The standard InChI is InChI=1S/C22H27N3O2/c1-17(26)18-5-7-19(8-6-18)23-14-13-22(27)24-20-9-11-21(12-10-20)25-15-3-2-4-16-25/h5-12,23H,2-4,13-16H2,1H3,(H,24,27). The Bertz CT molecular complexity index is 763. The first kappa shape index (κ1) is 19.0. The largest absolute Gasteiger partial charge is 0.385 e. The van der Waals surface area contributed by atoms with E-state index in [0.29, 0.717) is 18.5 Å². The fraction of sp³-hybridized carbons (Fsp3) is 0.364. The van der Waals surface area contributed by atoms with E-state index in [1.54, 1.807) is 19.1 Å². The number of rotatable bonds is 7. The fourth-order valence-electron chi connectivity index (χ4n) is 3.27. The van der Waals surface area contributed by atoms with E-state index in [2.05, 4.69) is 27.7 Å². The van der Waals surface area contributed by atoms with Gasteiger partial charge in [0.05, 0.1) is 0 Å². The third kappa shape index (κ3) is 5.58. The molecule has 1 saturated heterocycles. The van der Waals surface area contributed by atoms with Crippen LogP contribution in [0.5, 0.6) is 0 Å². The first-order chi connectivity index (χ1) is 13.1. The van der Waals surface area contributed by atoms with Crippen LogP contribution < -0.4 is 15.5 Å². The molecule has 5 nitrogen and oxygen atoms in total. The van der Waals surface area contributed by atoms with E-state index in [0.717, 1.165) is 24.5 Å². The fourth-order valence-corrected chi connectivity index (χ4v) is 3.27. The number of Topliss-reactive ketones (excluding diaryl/α,β-unsaturated/α-hetero) is 1. The van der Waals surface area contributed by atoms with Gasteiger partial charge in [-0.1, -0.05) is 0 Å². The summed E-state index contributed by atoms with van der Waals surface area (Å²) in [6.45, 7) is 4.32. The molecule has 2 aromatic carbocycles. The Kier molecular flexibility index (Phi) is 6.47. The zero-order chi connectivity index (χ0) is 19.1. The van der Waals surface area contributed by atoms with Crippen LogP contribution in [0.3, 0.4) is 0 Å². The van der Waals surface area contributed by atoms with E-state index in [-0.39, 0.29) is 11.7 Å². The van der Waals surface area contributed by atoms with Crippen molar-refractivity contribution >= 4 is 28.8 Å². The lowest BCUT2D eigenvalue weighted by atomic mass is 10.1. The van der Waals surface area contributed by atoms with Crippen molar-refractivity contribution in [3.8, 4) is 0 Å². The second-order valence-corrected chi connectivity index (χ2v) is 6.95. The SMILES string of the molecule is CC(=O)c1ccc(NCCC(=O)Nc2ccc(N3CCCCC3)cc2)cc1. The molecule has 5 heteroatoms. The van der Waals surface area contributed by atoms with E-state index < -0.39 is 0 Å². The number of nitrogens with zero attached hydrogens (tertiary/aromatic N) is 1. The van der Waals surface area contributed by atoms with E-state index in [1.165, 1.54) is 24.9 Å². The van der Waals surface area contributed by atoms with Gasteiger partial charge in [0.1, 0.15) is 0 Å². The monoisotopic (exact) mass is 365 g/mol. The number of hydrogen-bond donors (Lipinski definition) is 2. The van der Waals surface area contributed by atoms with Gasteiger partial charge < -0.3 is 15.5 Å². The number of nitrogens with one attached hydrogen (secondary N) is 2. The third-order valence-electron chi connectivity index (χ3n) is 4.84. The van der Waals surface area contributed by atoms with E-state index in [9.17, 15) is 9.59 Å². The normalized spacial score (nSPS) is 13.9. The van der Waals surface area contributed by atoms with Crippen LogP contribution in [0.1, 0.15) is 43.0 Å². The van der Waals surface area contributed by atoms with Crippen molar-refractivity contribution < 1.29 is 9.59 Å². The van der Waals surface area contributed by atoms with Gasteiger partial charge in [-0.15, -0.1) is 0 Å². The molecule has 0 aromatic heterocycles.